The molecule has 0 spiro atoms. The minimum Gasteiger partial charge on any atom is -0.387 e. The van der Waals surface area contributed by atoms with Crippen LogP contribution in [0.15, 0.2) is 42.7 Å². The lowest BCUT2D eigenvalue weighted by Gasteiger charge is -2.40. The smallest absolute Gasteiger partial charge is 0.0914 e. The molecule has 1 aliphatic heterocycles. The van der Waals surface area contributed by atoms with Gasteiger partial charge in [0.15, 0.2) is 0 Å². The molecule has 2 aromatic rings. The lowest BCUT2D eigenvalue weighted by molar-refractivity contribution is -0.0700. The lowest BCUT2D eigenvalue weighted by atomic mass is 10.0. The maximum atomic E-state index is 10.3. The van der Waals surface area contributed by atoms with Crippen molar-refractivity contribution in [1.29, 1.82) is 0 Å². The number of benzene rings is 1. The molecule has 0 radical (unpaired) electrons. The molecule has 1 fully saturated rings. The molecule has 1 saturated heterocycles. The molecule has 1 aromatic carbocycles. The van der Waals surface area contributed by atoms with Crippen LogP contribution < -0.4 is 5.32 Å². The highest BCUT2D eigenvalue weighted by atomic mass is 16.5. The van der Waals surface area contributed by atoms with Gasteiger partial charge in [0.05, 0.1) is 31.1 Å². The molecule has 0 saturated carbocycles. The highest BCUT2D eigenvalue weighted by Gasteiger charge is 2.33. The van der Waals surface area contributed by atoms with Crippen LogP contribution >= 0.6 is 0 Å². The van der Waals surface area contributed by atoms with Gasteiger partial charge in [-0.2, -0.15) is 5.10 Å². The van der Waals surface area contributed by atoms with Crippen LogP contribution in [0.1, 0.15) is 30.2 Å². The van der Waals surface area contributed by atoms with Crippen LogP contribution in [0, 0.1) is 0 Å². The van der Waals surface area contributed by atoms with Crippen LogP contribution in [0.2, 0.25) is 0 Å². The second kappa shape index (κ2) is 8.58. The fraction of sp³-hybridized carbons (Fsp3) is 0.526. The topological polar surface area (TPSA) is 62.6 Å². The third-order valence-corrected chi connectivity index (χ3v) is 4.80. The molecular weight excluding hydrogens is 316 g/mol. The third-order valence-electron chi connectivity index (χ3n) is 4.80. The number of hydrogen-bond acceptors (Lipinski definition) is 5. The van der Waals surface area contributed by atoms with E-state index < -0.39 is 6.10 Å². The van der Waals surface area contributed by atoms with Crippen molar-refractivity contribution in [2.45, 2.75) is 25.2 Å². The Labute approximate surface area is 149 Å². The number of nitrogens with one attached hydrogen (secondary N) is 1. The van der Waals surface area contributed by atoms with Crippen molar-refractivity contribution >= 4 is 0 Å². The van der Waals surface area contributed by atoms with E-state index in [9.17, 15) is 5.11 Å². The zero-order chi connectivity index (χ0) is 17.6. The van der Waals surface area contributed by atoms with Gasteiger partial charge in [-0.1, -0.05) is 37.3 Å². The minimum atomic E-state index is -0.510. The van der Waals surface area contributed by atoms with Crippen LogP contribution in [-0.2, 0) is 11.8 Å². The van der Waals surface area contributed by atoms with E-state index in [1.54, 1.807) is 0 Å². The number of aromatic nitrogens is 2. The Kier molecular flexibility index (Phi) is 6.20. The molecule has 1 aromatic heterocycles. The van der Waals surface area contributed by atoms with E-state index in [1.165, 1.54) is 5.56 Å². The summed E-state index contributed by atoms with van der Waals surface area (Å²) < 4.78 is 7.89. The Hall–Kier alpha value is -1.73. The normalized spacial score (nSPS) is 22.8. The molecule has 2 heterocycles. The van der Waals surface area contributed by atoms with E-state index in [0.29, 0.717) is 13.1 Å². The molecule has 6 nitrogen and oxygen atoms in total. The number of hydrogen-bond donors (Lipinski definition) is 2. The SMILES string of the molecule is CCN1CCO[C@@H](CNCC(O)c2ccccc2)[C@@H]1c1cnn(C)c1. The number of aliphatic hydroxyl groups excluding tert-OH is 1. The van der Waals surface area contributed by atoms with Crippen LogP contribution in [0.5, 0.6) is 0 Å². The predicted octanol–water partition coefficient (Wildman–Crippen LogP) is 1.51. The Balaban J connectivity index is 1.61. The third kappa shape index (κ3) is 4.46. The summed E-state index contributed by atoms with van der Waals surface area (Å²) in [6, 6.07) is 9.92. The molecule has 2 N–H and O–H groups in total. The standard InChI is InChI=1S/C19H28N4O2/c1-3-23-9-10-25-18(19(23)16-11-21-22(2)14-16)13-20-12-17(24)15-7-5-4-6-8-15/h4-8,11,14,17-20,24H,3,9-10,12-13H2,1-2H3/t17?,18-,19-/m0/s1. The Morgan fingerprint density at radius 3 is 2.84 bits per heavy atom. The molecular formula is C19H28N4O2. The zero-order valence-corrected chi connectivity index (χ0v) is 15.0. The maximum Gasteiger partial charge on any atom is 0.0914 e. The quantitative estimate of drug-likeness (QED) is 0.797. The Bertz CT molecular complexity index is 646. The van der Waals surface area contributed by atoms with E-state index in [4.69, 9.17) is 4.74 Å². The number of morpholine rings is 1. The van der Waals surface area contributed by atoms with Crippen molar-refractivity contribution in [3.05, 3.63) is 53.9 Å². The lowest BCUT2D eigenvalue weighted by Crippen LogP contribution is -2.49. The van der Waals surface area contributed by atoms with Gasteiger partial charge >= 0.3 is 0 Å². The van der Waals surface area contributed by atoms with Gasteiger partial charge < -0.3 is 15.2 Å². The van der Waals surface area contributed by atoms with Gasteiger partial charge in [0.25, 0.3) is 0 Å². The Morgan fingerprint density at radius 2 is 2.16 bits per heavy atom. The fourth-order valence-corrected chi connectivity index (χ4v) is 3.49. The van der Waals surface area contributed by atoms with Crippen molar-refractivity contribution in [2.24, 2.45) is 7.05 Å². The number of aryl methyl sites for hydroxylation is 1. The van der Waals surface area contributed by atoms with Crippen molar-refractivity contribution in [1.82, 2.24) is 20.0 Å². The van der Waals surface area contributed by atoms with E-state index in [2.05, 4.69) is 28.4 Å². The monoisotopic (exact) mass is 344 g/mol. The first-order valence-electron chi connectivity index (χ1n) is 8.97. The number of aliphatic hydroxyl groups is 1. The Morgan fingerprint density at radius 1 is 1.36 bits per heavy atom. The molecule has 3 rings (SSSR count). The van der Waals surface area contributed by atoms with Gasteiger partial charge in [-0.05, 0) is 12.1 Å². The largest absolute Gasteiger partial charge is 0.387 e. The highest BCUT2D eigenvalue weighted by molar-refractivity contribution is 5.17. The number of rotatable bonds is 7. The fourth-order valence-electron chi connectivity index (χ4n) is 3.49. The van der Waals surface area contributed by atoms with Gasteiger partial charge in [0.1, 0.15) is 0 Å². The second-order valence-electron chi connectivity index (χ2n) is 6.51. The van der Waals surface area contributed by atoms with Crippen molar-refractivity contribution in [2.75, 3.05) is 32.8 Å². The van der Waals surface area contributed by atoms with Crippen molar-refractivity contribution in [3.63, 3.8) is 0 Å². The van der Waals surface area contributed by atoms with Gasteiger partial charge in [0.2, 0.25) is 0 Å². The summed E-state index contributed by atoms with van der Waals surface area (Å²) in [5.41, 5.74) is 2.11. The average molecular weight is 344 g/mol. The van der Waals surface area contributed by atoms with E-state index in [1.807, 2.05) is 48.3 Å². The zero-order valence-electron chi connectivity index (χ0n) is 15.0. The predicted molar refractivity (Wildman–Crippen MR) is 97.2 cm³/mol. The molecule has 1 aliphatic rings. The molecule has 136 valence electrons. The minimum absolute atomic E-state index is 0.0425. The summed E-state index contributed by atoms with van der Waals surface area (Å²) >= 11 is 0. The van der Waals surface area contributed by atoms with Crippen LogP contribution in [-0.4, -0.2) is 58.7 Å². The average Bonchev–Trinajstić information content (AvgIpc) is 3.08. The van der Waals surface area contributed by atoms with Crippen LogP contribution in [0.4, 0.5) is 0 Å². The highest BCUT2D eigenvalue weighted by Crippen LogP contribution is 2.28. The summed E-state index contributed by atoms with van der Waals surface area (Å²) in [4.78, 5) is 2.43. The maximum absolute atomic E-state index is 10.3. The molecule has 0 bridgehead atoms. The first-order chi connectivity index (χ1) is 12.2. The summed E-state index contributed by atoms with van der Waals surface area (Å²) in [5.74, 6) is 0. The first-order valence-corrected chi connectivity index (χ1v) is 8.97. The number of ether oxygens (including phenoxy) is 1. The molecule has 6 heteroatoms. The summed E-state index contributed by atoms with van der Waals surface area (Å²) in [6.07, 6.45) is 3.52. The van der Waals surface area contributed by atoms with Gasteiger partial charge in [-0.3, -0.25) is 9.58 Å². The molecule has 25 heavy (non-hydrogen) atoms. The van der Waals surface area contributed by atoms with Crippen LogP contribution in [0.3, 0.4) is 0 Å². The van der Waals surface area contributed by atoms with Crippen molar-refractivity contribution in [3.8, 4) is 0 Å². The summed E-state index contributed by atoms with van der Waals surface area (Å²) in [5, 5.41) is 18.0. The molecule has 0 amide bonds. The van der Waals surface area contributed by atoms with Gasteiger partial charge in [-0.15, -0.1) is 0 Å². The number of nitrogens with zero attached hydrogens (tertiary/aromatic N) is 3. The number of likely N-dealkylation sites (N-methyl/N-ethyl adjacent to an activating group) is 1. The summed E-state index contributed by atoms with van der Waals surface area (Å²) in [6.45, 7) is 6.03. The van der Waals surface area contributed by atoms with E-state index in [0.717, 1.165) is 25.3 Å². The van der Waals surface area contributed by atoms with Crippen molar-refractivity contribution < 1.29 is 9.84 Å². The van der Waals surface area contributed by atoms with E-state index in [-0.39, 0.29) is 12.1 Å². The van der Waals surface area contributed by atoms with Gasteiger partial charge in [-0.25, -0.2) is 0 Å². The second-order valence-corrected chi connectivity index (χ2v) is 6.51. The molecule has 0 aliphatic carbocycles. The molecule has 1 unspecified atom stereocenters. The summed E-state index contributed by atoms with van der Waals surface area (Å²) in [7, 11) is 1.94. The molecule has 3 atom stereocenters. The van der Waals surface area contributed by atoms with Crippen LogP contribution in [0.25, 0.3) is 0 Å². The van der Waals surface area contributed by atoms with E-state index >= 15 is 0 Å². The first kappa shape index (κ1) is 18.1. The van der Waals surface area contributed by atoms with Gasteiger partial charge in [0, 0.05) is 38.4 Å².